The fraction of sp³-hybridized carbons (Fsp3) is 0.238. The lowest BCUT2D eigenvalue weighted by Gasteiger charge is -2.07. The fourth-order valence-electron chi connectivity index (χ4n) is 2.99. The number of amides is 1. The fourth-order valence-corrected chi connectivity index (χ4v) is 2.99. The van der Waals surface area contributed by atoms with Crippen LogP contribution in [-0.4, -0.2) is 29.3 Å². The highest BCUT2D eigenvalue weighted by Gasteiger charge is 2.18. The predicted octanol–water partition coefficient (Wildman–Crippen LogP) is 3.47. The third-order valence-electron chi connectivity index (χ3n) is 4.38. The van der Waals surface area contributed by atoms with Crippen molar-refractivity contribution in [2.75, 3.05) is 13.7 Å². The summed E-state index contributed by atoms with van der Waals surface area (Å²) in [5, 5.41) is 7.53. The van der Waals surface area contributed by atoms with E-state index in [1.807, 2.05) is 73.1 Å². The Bertz CT molecular complexity index is 884. The second-order valence-corrected chi connectivity index (χ2v) is 6.15. The van der Waals surface area contributed by atoms with Crippen molar-refractivity contribution in [3.8, 4) is 11.4 Å². The molecule has 1 N–H and O–H groups in total. The number of nitrogens with zero attached hydrogens (tertiary/aromatic N) is 2. The minimum atomic E-state index is -0.0873. The maximum Gasteiger partial charge on any atom is 0.255 e. The van der Waals surface area contributed by atoms with Crippen LogP contribution in [0.25, 0.3) is 5.69 Å². The molecule has 2 aromatic carbocycles. The van der Waals surface area contributed by atoms with Crippen LogP contribution in [0.2, 0.25) is 0 Å². The van der Waals surface area contributed by atoms with Crippen LogP contribution in [0.3, 0.4) is 0 Å². The van der Waals surface area contributed by atoms with Crippen molar-refractivity contribution in [2.24, 2.45) is 0 Å². The van der Waals surface area contributed by atoms with Gasteiger partial charge in [-0.25, -0.2) is 4.68 Å². The molecule has 134 valence electrons. The zero-order chi connectivity index (χ0) is 18.5. The molecular weight excluding hydrogens is 326 g/mol. The van der Waals surface area contributed by atoms with Gasteiger partial charge in [0.05, 0.1) is 29.7 Å². The first-order valence-electron chi connectivity index (χ1n) is 8.63. The third kappa shape index (κ3) is 3.77. The standard InChI is InChI=1S/C21H23N3O2/c1-15-20(16(2)24(23-15)18-7-5-4-6-8-18)21(25)22-14-13-17-9-11-19(26-3)12-10-17/h4-12H,13-14H2,1-3H3,(H,22,25). The van der Waals surface area contributed by atoms with Gasteiger partial charge in [0.2, 0.25) is 0 Å². The number of nitrogens with one attached hydrogen (secondary N) is 1. The summed E-state index contributed by atoms with van der Waals surface area (Å²) in [6.07, 6.45) is 0.765. The van der Waals surface area contributed by atoms with Gasteiger partial charge in [0.15, 0.2) is 0 Å². The van der Waals surface area contributed by atoms with E-state index >= 15 is 0 Å². The second-order valence-electron chi connectivity index (χ2n) is 6.15. The molecule has 3 rings (SSSR count). The molecule has 0 aliphatic rings. The Morgan fingerprint density at radius 3 is 2.42 bits per heavy atom. The maximum atomic E-state index is 12.6. The van der Waals surface area contributed by atoms with E-state index in [9.17, 15) is 4.79 Å². The van der Waals surface area contributed by atoms with E-state index in [0.29, 0.717) is 12.1 Å². The molecule has 0 unspecified atom stereocenters. The summed E-state index contributed by atoms with van der Waals surface area (Å²) in [7, 11) is 1.65. The molecule has 26 heavy (non-hydrogen) atoms. The first kappa shape index (κ1) is 17.7. The van der Waals surface area contributed by atoms with Gasteiger partial charge < -0.3 is 10.1 Å². The number of methoxy groups -OCH3 is 1. The van der Waals surface area contributed by atoms with Crippen LogP contribution < -0.4 is 10.1 Å². The molecule has 0 aliphatic heterocycles. The van der Waals surface area contributed by atoms with Crippen LogP contribution in [-0.2, 0) is 6.42 Å². The highest BCUT2D eigenvalue weighted by atomic mass is 16.5. The average molecular weight is 349 g/mol. The number of aryl methyl sites for hydroxylation is 1. The zero-order valence-corrected chi connectivity index (χ0v) is 15.3. The molecule has 5 nitrogen and oxygen atoms in total. The van der Waals surface area contributed by atoms with Gasteiger partial charge in [0.1, 0.15) is 5.75 Å². The molecule has 1 heterocycles. The van der Waals surface area contributed by atoms with Crippen LogP contribution >= 0.6 is 0 Å². The number of ether oxygens (including phenoxy) is 1. The summed E-state index contributed by atoms with van der Waals surface area (Å²) in [6.45, 7) is 4.36. The van der Waals surface area contributed by atoms with Crippen LogP contribution in [0, 0.1) is 13.8 Å². The lowest BCUT2D eigenvalue weighted by Crippen LogP contribution is -2.26. The van der Waals surface area contributed by atoms with Gasteiger partial charge in [0, 0.05) is 6.54 Å². The smallest absolute Gasteiger partial charge is 0.255 e. The van der Waals surface area contributed by atoms with E-state index in [4.69, 9.17) is 4.74 Å². The van der Waals surface area contributed by atoms with Gasteiger partial charge >= 0.3 is 0 Å². The van der Waals surface area contributed by atoms with E-state index in [1.165, 1.54) is 0 Å². The third-order valence-corrected chi connectivity index (χ3v) is 4.38. The summed E-state index contributed by atoms with van der Waals surface area (Å²) < 4.78 is 6.97. The molecule has 0 aliphatic carbocycles. The molecule has 0 bridgehead atoms. The van der Waals surface area contributed by atoms with Crippen molar-refractivity contribution in [2.45, 2.75) is 20.3 Å². The highest BCUT2D eigenvalue weighted by molar-refractivity contribution is 5.96. The molecule has 1 amide bonds. The van der Waals surface area contributed by atoms with Gasteiger partial charge in [-0.3, -0.25) is 4.79 Å². The normalized spacial score (nSPS) is 10.6. The van der Waals surface area contributed by atoms with Gasteiger partial charge in [-0.05, 0) is 50.1 Å². The number of hydrogen-bond acceptors (Lipinski definition) is 3. The Hall–Kier alpha value is -3.08. The largest absolute Gasteiger partial charge is 0.497 e. The van der Waals surface area contributed by atoms with E-state index < -0.39 is 0 Å². The van der Waals surface area contributed by atoms with Crippen LogP contribution in [0.1, 0.15) is 27.3 Å². The van der Waals surface area contributed by atoms with Crippen molar-refractivity contribution in [1.29, 1.82) is 0 Å². The molecule has 0 saturated heterocycles. The number of aromatic nitrogens is 2. The average Bonchev–Trinajstić information content (AvgIpc) is 2.97. The van der Waals surface area contributed by atoms with Gasteiger partial charge in [-0.15, -0.1) is 0 Å². The van der Waals surface area contributed by atoms with E-state index in [-0.39, 0.29) is 5.91 Å². The molecule has 0 spiro atoms. The second kappa shape index (κ2) is 7.87. The topological polar surface area (TPSA) is 56.1 Å². The van der Waals surface area contributed by atoms with Crippen molar-refractivity contribution >= 4 is 5.91 Å². The van der Waals surface area contributed by atoms with Crippen molar-refractivity contribution in [3.05, 3.63) is 77.1 Å². The number of carbonyl (C=O) groups is 1. The maximum absolute atomic E-state index is 12.6. The van der Waals surface area contributed by atoms with E-state index in [1.54, 1.807) is 7.11 Å². The number of rotatable bonds is 6. The summed E-state index contributed by atoms with van der Waals surface area (Å²) in [5.74, 6) is 0.744. The summed E-state index contributed by atoms with van der Waals surface area (Å²) in [6, 6.07) is 17.7. The van der Waals surface area contributed by atoms with Crippen LogP contribution in [0.15, 0.2) is 54.6 Å². The molecule has 3 aromatic rings. The Labute approximate surface area is 153 Å². The lowest BCUT2D eigenvalue weighted by atomic mass is 10.1. The molecular formula is C21H23N3O2. The number of hydrogen-bond donors (Lipinski definition) is 1. The Kier molecular flexibility index (Phi) is 5.37. The summed E-state index contributed by atoms with van der Waals surface area (Å²) in [5.41, 5.74) is 4.32. The zero-order valence-electron chi connectivity index (χ0n) is 15.3. The first-order chi connectivity index (χ1) is 12.6. The molecule has 0 radical (unpaired) electrons. The van der Waals surface area contributed by atoms with Crippen LogP contribution in [0.5, 0.6) is 5.75 Å². The number of carbonyl (C=O) groups excluding carboxylic acids is 1. The van der Waals surface area contributed by atoms with E-state index in [0.717, 1.165) is 34.8 Å². The molecule has 0 saturated carbocycles. The van der Waals surface area contributed by atoms with Gasteiger partial charge in [0.25, 0.3) is 5.91 Å². The van der Waals surface area contributed by atoms with Gasteiger partial charge in [-0.1, -0.05) is 30.3 Å². The Morgan fingerprint density at radius 1 is 1.08 bits per heavy atom. The molecule has 1 aromatic heterocycles. The first-order valence-corrected chi connectivity index (χ1v) is 8.63. The predicted molar refractivity (Wildman–Crippen MR) is 102 cm³/mol. The monoisotopic (exact) mass is 349 g/mol. The van der Waals surface area contributed by atoms with Crippen molar-refractivity contribution in [3.63, 3.8) is 0 Å². The Morgan fingerprint density at radius 2 is 1.77 bits per heavy atom. The van der Waals surface area contributed by atoms with Crippen molar-refractivity contribution in [1.82, 2.24) is 15.1 Å². The minimum absolute atomic E-state index is 0.0873. The SMILES string of the molecule is COc1ccc(CCNC(=O)c2c(C)nn(-c3ccccc3)c2C)cc1. The number of benzene rings is 2. The Balaban J connectivity index is 1.67. The highest BCUT2D eigenvalue weighted by Crippen LogP contribution is 2.18. The van der Waals surface area contributed by atoms with Crippen LogP contribution in [0.4, 0.5) is 0 Å². The minimum Gasteiger partial charge on any atom is -0.497 e. The summed E-state index contributed by atoms with van der Waals surface area (Å²) in [4.78, 5) is 12.6. The number of para-hydroxylation sites is 1. The molecule has 0 atom stereocenters. The van der Waals surface area contributed by atoms with Crippen molar-refractivity contribution < 1.29 is 9.53 Å². The van der Waals surface area contributed by atoms with E-state index in [2.05, 4.69) is 10.4 Å². The lowest BCUT2D eigenvalue weighted by molar-refractivity contribution is 0.0953. The summed E-state index contributed by atoms with van der Waals surface area (Å²) >= 11 is 0. The molecule has 5 heteroatoms. The molecule has 0 fully saturated rings. The quantitative estimate of drug-likeness (QED) is 0.741. The van der Waals surface area contributed by atoms with Gasteiger partial charge in [-0.2, -0.15) is 5.10 Å².